The first-order valence-electron chi connectivity index (χ1n) is 8.46. The number of benzene rings is 2. The molecule has 0 saturated carbocycles. The average Bonchev–Trinajstić information content (AvgIpc) is 2.67. The highest BCUT2D eigenvalue weighted by atomic mass is 35.5. The van der Waals surface area contributed by atoms with Crippen molar-refractivity contribution in [3.8, 4) is 17.2 Å². The third-order valence-corrected chi connectivity index (χ3v) is 4.71. The van der Waals surface area contributed by atoms with Gasteiger partial charge in [0.15, 0.2) is 17.6 Å². The Labute approximate surface area is 156 Å². The van der Waals surface area contributed by atoms with Crippen molar-refractivity contribution in [1.29, 1.82) is 0 Å². The molecule has 2 aliphatic heterocycles. The molecule has 1 atom stereocenters. The number of hydrogen-bond acceptors (Lipinski definition) is 5. The number of ether oxygens (including phenoxy) is 3. The molecule has 0 aromatic heterocycles. The molecule has 1 amide bonds. The molecule has 2 aromatic carbocycles. The molecule has 4 rings (SSSR count). The number of amides is 1. The molecular weight excluding hydrogens is 356 g/mol. The number of carbonyl (C=O) groups excluding carboxylic acids is 1. The zero-order chi connectivity index (χ0) is 18.1. The number of halogens is 1. The normalized spacial score (nSPS) is 17.9. The maximum atomic E-state index is 12.1. The van der Waals surface area contributed by atoms with Crippen molar-refractivity contribution in [2.45, 2.75) is 12.6 Å². The van der Waals surface area contributed by atoms with Gasteiger partial charge in [-0.1, -0.05) is 23.7 Å². The fourth-order valence-electron chi connectivity index (χ4n) is 3.23. The van der Waals surface area contributed by atoms with Gasteiger partial charge in [-0.3, -0.25) is 4.79 Å². The van der Waals surface area contributed by atoms with Crippen molar-refractivity contribution in [3.63, 3.8) is 0 Å². The minimum Gasteiger partial charge on any atom is -0.486 e. The molecule has 2 heterocycles. The summed E-state index contributed by atoms with van der Waals surface area (Å²) in [6.45, 7) is 2.02. The highest BCUT2D eigenvalue weighted by molar-refractivity contribution is 6.32. The van der Waals surface area contributed by atoms with Gasteiger partial charge in [-0.15, -0.1) is 0 Å². The third-order valence-electron chi connectivity index (χ3n) is 4.43. The summed E-state index contributed by atoms with van der Waals surface area (Å²) in [6, 6.07) is 11.5. The number of nitrogens with one attached hydrogen (secondary N) is 1. The quantitative estimate of drug-likeness (QED) is 0.895. The lowest BCUT2D eigenvalue weighted by Crippen LogP contribution is -2.47. The van der Waals surface area contributed by atoms with Crippen LogP contribution in [0.5, 0.6) is 17.2 Å². The summed E-state index contributed by atoms with van der Waals surface area (Å²) in [5.74, 6) is 1.79. The van der Waals surface area contributed by atoms with Crippen LogP contribution in [-0.4, -0.2) is 38.8 Å². The number of carbonyl (C=O) groups is 1. The Morgan fingerprint density at radius 2 is 2.04 bits per heavy atom. The second-order valence-electron chi connectivity index (χ2n) is 6.17. The van der Waals surface area contributed by atoms with Gasteiger partial charge in [-0.2, -0.15) is 0 Å². The minimum absolute atomic E-state index is 0.148. The van der Waals surface area contributed by atoms with Crippen molar-refractivity contribution in [2.75, 3.05) is 31.7 Å². The monoisotopic (exact) mass is 374 g/mol. The van der Waals surface area contributed by atoms with E-state index in [1.807, 2.05) is 36.4 Å². The lowest BCUT2D eigenvalue weighted by molar-refractivity contribution is -0.127. The molecule has 0 radical (unpaired) electrons. The number of hydrogen-bond donors (Lipinski definition) is 1. The SMILES string of the molecule is CNC(=O)[C@@H]1CN(Cc2cc(Cl)c3c(c2)OCCO3)c2ccccc2O1. The minimum atomic E-state index is -0.567. The Morgan fingerprint density at radius 1 is 1.23 bits per heavy atom. The van der Waals surface area contributed by atoms with Crippen LogP contribution in [0.15, 0.2) is 36.4 Å². The largest absolute Gasteiger partial charge is 0.486 e. The number of fused-ring (bicyclic) bond motifs is 2. The summed E-state index contributed by atoms with van der Waals surface area (Å²) in [5, 5.41) is 3.18. The third kappa shape index (κ3) is 3.12. The Balaban J connectivity index is 1.64. The Kier molecular flexibility index (Phi) is 4.51. The van der Waals surface area contributed by atoms with Gasteiger partial charge < -0.3 is 24.4 Å². The molecule has 2 aliphatic rings. The maximum Gasteiger partial charge on any atom is 0.262 e. The van der Waals surface area contributed by atoms with E-state index in [0.717, 1.165) is 11.3 Å². The van der Waals surface area contributed by atoms with Crippen molar-refractivity contribution in [3.05, 3.63) is 47.0 Å². The maximum absolute atomic E-state index is 12.1. The van der Waals surface area contributed by atoms with E-state index in [1.165, 1.54) is 0 Å². The van der Waals surface area contributed by atoms with E-state index in [0.29, 0.717) is 48.6 Å². The van der Waals surface area contributed by atoms with E-state index in [1.54, 1.807) is 7.05 Å². The predicted molar refractivity (Wildman–Crippen MR) is 98.4 cm³/mol. The zero-order valence-electron chi connectivity index (χ0n) is 14.3. The number of rotatable bonds is 3. The number of para-hydroxylation sites is 2. The number of likely N-dealkylation sites (N-methyl/N-ethyl adjacent to an activating group) is 1. The lowest BCUT2D eigenvalue weighted by atomic mass is 10.1. The van der Waals surface area contributed by atoms with Crippen LogP contribution in [-0.2, 0) is 11.3 Å². The van der Waals surface area contributed by atoms with E-state index >= 15 is 0 Å². The second-order valence-corrected chi connectivity index (χ2v) is 6.58. The van der Waals surface area contributed by atoms with Gasteiger partial charge in [0, 0.05) is 13.6 Å². The van der Waals surface area contributed by atoms with Crippen LogP contribution in [0.3, 0.4) is 0 Å². The highest BCUT2D eigenvalue weighted by Crippen LogP contribution is 2.40. The van der Waals surface area contributed by atoms with Crippen molar-refractivity contribution < 1.29 is 19.0 Å². The fourth-order valence-corrected chi connectivity index (χ4v) is 3.52. The highest BCUT2D eigenvalue weighted by Gasteiger charge is 2.30. The molecule has 26 heavy (non-hydrogen) atoms. The van der Waals surface area contributed by atoms with Crippen LogP contribution >= 0.6 is 11.6 Å². The van der Waals surface area contributed by atoms with Crippen LogP contribution in [0, 0.1) is 0 Å². The van der Waals surface area contributed by atoms with Crippen LogP contribution in [0.2, 0.25) is 5.02 Å². The van der Waals surface area contributed by atoms with E-state index in [-0.39, 0.29) is 5.91 Å². The molecule has 0 bridgehead atoms. The summed E-state index contributed by atoms with van der Waals surface area (Å²) in [7, 11) is 1.61. The number of anilines is 1. The molecule has 0 aliphatic carbocycles. The summed E-state index contributed by atoms with van der Waals surface area (Å²) < 4.78 is 17.1. The Bertz CT molecular complexity index is 842. The summed E-state index contributed by atoms with van der Waals surface area (Å²) in [6.07, 6.45) is -0.567. The van der Waals surface area contributed by atoms with Gasteiger partial charge in [-0.25, -0.2) is 0 Å². The Hall–Kier alpha value is -2.60. The number of nitrogens with zero attached hydrogens (tertiary/aromatic N) is 1. The van der Waals surface area contributed by atoms with Crippen molar-refractivity contribution >= 4 is 23.2 Å². The van der Waals surface area contributed by atoms with Gasteiger partial charge in [0.1, 0.15) is 19.0 Å². The lowest BCUT2D eigenvalue weighted by Gasteiger charge is -2.35. The molecule has 0 unspecified atom stereocenters. The van der Waals surface area contributed by atoms with Crippen molar-refractivity contribution in [1.82, 2.24) is 5.32 Å². The van der Waals surface area contributed by atoms with E-state index in [4.69, 9.17) is 25.8 Å². The second kappa shape index (κ2) is 6.96. The van der Waals surface area contributed by atoms with Crippen LogP contribution in [0.4, 0.5) is 5.69 Å². The van der Waals surface area contributed by atoms with Crippen LogP contribution in [0.1, 0.15) is 5.56 Å². The molecule has 0 spiro atoms. The summed E-state index contributed by atoms with van der Waals surface area (Å²) in [4.78, 5) is 14.2. The molecule has 7 heteroatoms. The fraction of sp³-hybridized carbons (Fsp3) is 0.316. The van der Waals surface area contributed by atoms with Gasteiger partial charge in [0.05, 0.1) is 17.3 Å². The molecule has 0 saturated heterocycles. The van der Waals surface area contributed by atoms with Crippen molar-refractivity contribution in [2.24, 2.45) is 0 Å². The molecule has 6 nitrogen and oxygen atoms in total. The average molecular weight is 375 g/mol. The van der Waals surface area contributed by atoms with E-state index in [2.05, 4.69) is 10.2 Å². The van der Waals surface area contributed by atoms with Gasteiger partial charge in [0.2, 0.25) is 0 Å². The Morgan fingerprint density at radius 3 is 2.88 bits per heavy atom. The van der Waals surface area contributed by atoms with Gasteiger partial charge in [-0.05, 0) is 29.8 Å². The first-order chi connectivity index (χ1) is 12.7. The first kappa shape index (κ1) is 16.8. The molecule has 1 N–H and O–H groups in total. The topological polar surface area (TPSA) is 60.0 Å². The van der Waals surface area contributed by atoms with Gasteiger partial charge >= 0.3 is 0 Å². The molecule has 0 fully saturated rings. The van der Waals surface area contributed by atoms with Crippen LogP contribution in [0.25, 0.3) is 0 Å². The van der Waals surface area contributed by atoms with E-state index < -0.39 is 6.10 Å². The molecule has 136 valence electrons. The first-order valence-corrected chi connectivity index (χ1v) is 8.84. The molecular formula is C19H19ClN2O4. The smallest absolute Gasteiger partial charge is 0.262 e. The molecule has 2 aromatic rings. The van der Waals surface area contributed by atoms with Crippen LogP contribution < -0.4 is 24.4 Å². The zero-order valence-corrected chi connectivity index (χ0v) is 15.1. The summed E-state index contributed by atoms with van der Waals surface area (Å²) in [5.41, 5.74) is 1.92. The van der Waals surface area contributed by atoms with E-state index in [9.17, 15) is 4.79 Å². The van der Waals surface area contributed by atoms with Gasteiger partial charge in [0.25, 0.3) is 5.91 Å². The standard InChI is InChI=1S/C19H19ClN2O4/c1-21-19(23)17-11-22(14-4-2-3-5-15(14)26-17)10-12-8-13(20)18-16(9-12)24-6-7-25-18/h2-5,8-9,17H,6-7,10-11H2,1H3,(H,21,23)/t17-/m0/s1. The summed E-state index contributed by atoms with van der Waals surface area (Å²) >= 11 is 6.35. The predicted octanol–water partition coefficient (Wildman–Crippen LogP) is 2.62.